The summed E-state index contributed by atoms with van der Waals surface area (Å²) in [5.41, 5.74) is 1.11. The van der Waals surface area contributed by atoms with Gasteiger partial charge in [-0.05, 0) is 13.1 Å². The third-order valence-electron chi connectivity index (χ3n) is 4.49. The van der Waals surface area contributed by atoms with Gasteiger partial charge in [0.25, 0.3) is 0 Å². The molecule has 6 heteroatoms. The maximum Gasteiger partial charge on any atom is 0.227 e. The summed E-state index contributed by atoms with van der Waals surface area (Å²) in [6.45, 7) is 4.21. The van der Waals surface area contributed by atoms with E-state index in [9.17, 15) is 4.79 Å². The molecule has 1 aromatic rings. The minimum atomic E-state index is -0.00302. The fourth-order valence-electron chi connectivity index (χ4n) is 3.13. The molecular formula is C18H29N3O3. The molecule has 24 heavy (non-hydrogen) atoms. The Morgan fingerprint density at radius 2 is 1.96 bits per heavy atom. The van der Waals surface area contributed by atoms with Crippen LogP contribution in [0.1, 0.15) is 5.56 Å². The second-order valence-corrected chi connectivity index (χ2v) is 6.60. The zero-order valence-corrected chi connectivity index (χ0v) is 15.4. The molecular weight excluding hydrogens is 306 g/mol. The molecule has 1 heterocycles. The van der Waals surface area contributed by atoms with Crippen molar-refractivity contribution in [1.82, 2.24) is 14.7 Å². The molecule has 6 nitrogen and oxygen atoms in total. The number of ether oxygens (including phenoxy) is 2. The van der Waals surface area contributed by atoms with Gasteiger partial charge in [0.15, 0.2) is 0 Å². The highest BCUT2D eigenvalue weighted by atomic mass is 16.5. The molecule has 1 saturated heterocycles. The molecule has 134 valence electrons. The van der Waals surface area contributed by atoms with Gasteiger partial charge in [0.1, 0.15) is 11.5 Å². The van der Waals surface area contributed by atoms with E-state index in [0.29, 0.717) is 0 Å². The molecule has 0 saturated carbocycles. The van der Waals surface area contributed by atoms with Gasteiger partial charge >= 0.3 is 0 Å². The molecule has 1 amide bonds. The molecule has 1 atom stereocenters. The first-order chi connectivity index (χ1) is 11.4. The summed E-state index contributed by atoms with van der Waals surface area (Å²) in [6.07, 6.45) is 0. The SMILES string of the molecule is COc1ccc(CN2CCN(C)CC(C(=O)N(C)C)C2)c(OC)c1. The molecule has 0 aromatic heterocycles. The maximum atomic E-state index is 12.4. The summed E-state index contributed by atoms with van der Waals surface area (Å²) < 4.78 is 10.8. The summed E-state index contributed by atoms with van der Waals surface area (Å²) >= 11 is 0. The predicted octanol–water partition coefficient (Wildman–Crippen LogP) is 1.16. The molecule has 0 bridgehead atoms. The van der Waals surface area contributed by atoms with Crippen molar-refractivity contribution in [2.75, 3.05) is 61.5 Å². The average molecular weight is 335 g/mol. The summed E-state index contributed by atoms with van der Waals surface area (Å²) in [6, 6.07) is 5.89. The van der Waals surface area contributed by atoms with Gasteiger partial charge < -0.3 is 19.3 Å². The van der Waals surface area contributed by atoms with Crippen molar-refractivity contribution in [3.05, 3.63) is 23.8 Å². The lowest BCUT2D eigenvalue weighted by molar-refractivity contribution is -0.133. The van der Waals surface area contributed by atoms with E-state index < -0.39 is 0 Å². The Balaban J connectivity index is 2.14. The third-order valence-corrected chi connectivity index (χ3v) is 4.49. The van der Waals surface area contributed by atoms with Crippen molar-refractivity contribution >= 4 is 5.91 Å². The van der Waals surface area contributed by atoms with Gasteiger partial charge in [0.05, 0.1) is 20.1 Å². The van der Waals surface area contributed by atoms with E-state index in [1.54, 1.807) is 19.1 Å². The van der Waals surface area contributed by atoms with Gasteiger partial charge in [-0.15, -0.1) is 0 Å². The molecule has 1 aliphatic rings. The fraction of sp³-hybridized carbons (Fsp3) is 0.611. The first-order valence-electron chi connectivity index (χ1n) is 8.27. The van der Waals surface area contributed by atoms with Crippen LogP contribution in [-0.4, -0.2) is 82.1 Å². The Bertz CT molecular complexity index is 562. The van der Waals surface area contributed by atoms with Gasteiger partial charge in [-0.2, -0.15) is 0 Å². The largest absolute Gasteiger partial charge is 0.497 e. The molecule has 0 spiro atoms. The quantitative estimate of drug-likeness (QED) is 0.808. The minimum Gasteiger partial charge on any atom is -0.497 e. The molecule has 0 radical (unpaired) electrons. The molecule has 1 fully saturated rings. The topological polar surface area (TPSA) is 45.2 Å². The number of benzene rings is 1. The number of carbonyl (C=O) groups is 1. The number of hydrogen-bond acceptors (Lipinski definition) is 5. The monoisotopic (exact) mass is 335 g/mol. The van der Waals surface area contributed by atoms with Crippen molar-refractivity contribution in [3.63, 3.8) is 0 Å². The van der Waals surface area contributed by atoms with E-state index in [1.807, 2.05) is 32.3 Å². The Kier molecular flexibility index (Phi) is 6.45. The molecule has 2 rings (SSSR count). The van der Waals surface area contributed by atoms with Gasteiger partial charge in [0.2, 0.25) is 5.91 Å². The Morgan fingerprint density at radius 1 is 1.21 bits per heavy atom. The minimum absolute atomic E-state index is 0.00302. The van der Waals surface area contributed by atoms with E-state index in [0.717, 1.165) is 49.8 Å². The predicted molar refractivity (Wildman–Crippen MR) is 94.5 cm³/mol. The third kappa shape index (κ3) is 4.61. The molecule has 0 N–H and O–H groups in total. The number of nitrogens with zero attached hydrogens (tertiary/aromatic N) is 3. The maximum absolute atomic E-state index is 12.4. The summed E-state index contributed by atoms with van der Waals surface area (Å²) in [7, 11) is 9.05. The second kappa shape index (κ2) is 8.35. The highest BCUT2D eigenvalue weighted by molar-refractivity contribution is 5.78. The first kappa shape index (κ1) is 18.5. The zero-order chi connectivity index (χ0) is 17.7. The number of methoxy groups -OCH3 is 2. The highest BCUT2D eigenvalue weighted by Gasteiger charge is 2.28. The van der Waals surface area contributed by atoms with E-state index in [1.165, 1.54) is 0 Å². The zero-order valence-electron chi connectivity index (χ0n) is 15.4. The Labute approximate surface area is 144 Å². The van der Waals surface area contributed by atoms with Crippen LogP contribution < -0.4 is 9.47 Å². The summed E-state index contributed by atoms with van der Waals surface area (Å²) in [5.74, 6) is 1.79. The lowest BCUT2D eigenvalue weighted by Gasteiger charge is -2.26. The van der Waals surface area contributed by atoms with Crippen LogP contribution in [0.15, 0.2) is 18.2 Å². The van der Waals surface area contributed by atoms with Crippen molar-refractivity contribution in [3.8, 4) is 11.5 Å². The highest BCUT2D eigenvalue weighted by Crippen LogP contribution is 2.26. The van der Waals surface area contributed by atoms with Gasteiger partial charge in [0, 0.05) is 58.4 Å². The number of hydrogen-bond donors (Lipinski definition) is 0. The van der Waals surface area contributed by atoms with Crippen LogP contribution >= 0.6 is 0 Å². The number of rotatable bonds is 5. The van der Waals surface area contributed by atoms with Crippen LogP contribution in [0, 0.1) is 5.92 Å². The van der Waals surface area contributed by atoms with Gasteiger partial charge in [-0.1, -0.05) is 6.07 Å². The van der Waals surface area contributed by atoms with E-state index in [2.05, 4.69) is 16.8 Å². The molecule has 1 aliphatic heterocycles. The van der Waals surface area contributed by atoms with Crippen LogP contribution in [0.3, 0.4) is 0 Å². The average Bonchev–Trinajstić information content (AvgIpc) is 2.76. The Morgan fingerprint density at radius 3 is 2.58 bits per heavy atom. The van der Waals surface area contributed by atoms with Crippen molar-refractivity contribution < 1.29 is 14.3 Å². The molecule has 0 aliphatic carbocycles. The van der Waals surface area contributed by atoms with Crippen LogP contribution in [0.5, 0.6) is 11.5 Å². The van der Waals surface area contributed by atoms with Crippen molar-refractivity contribution in [2.45, 2.75) is 6.54 Å². The fourth-order valence-corrected chi connectivity index (χ4v) is 3.13. The van der Waals surface area contributed by atoms with E-state index >= 15 is 0 Å². The smallest absolute Gasteiger partial charge is 0.227 e. The standard InChI is InChI=1S/C18H29N3O3/c1-19(2)18(22)15-11-20(3)8-9-21(13-15)12-14-6-7-16(23-4)10-17(14)24-5/h6-7,10,15H,8-9,11-13H2,1-5H3. The Hall–Kier alpha value is -1.79. The number of carbonyl (C=O) groups excluding carboxylic acids is 1. The molecule has 1 unspecified atom stereocenters. The lowest BCUT2D eigenvalue weighted by atomic mass is 10.1. The second-order valence-electron chi connectivity index (χ2n) is 6.60. The number of amides is 1. The summed E-state index contributed by atoms with van der Waals surface area (Å²) in [5, 5.41) is 0. The van der Waals surface area contributed by atoms with Gasteiger partial charge in [-0.3, -0.25) is 9.69 Å². The van der Waals surface area contributed by atoms with Crippen molar-refractivity contribution in [2.24, 2.45) is 5.92 Å². The van der Waals surface area contributed by atoms with Gasteiger partial charge in [-0.25, -0.2) is 0 Å². The molecule has 1 aromatic carbocycles. The first-order valence-corrected chi connectivity index (χ1v) is 8.27. The van der Waals surface area contributed by atoms with Crippen LogP contribution in [0.25, 0.3) is 0 Å². The van der Waals surface area contributed by atoms with Crippen molar-refractivity contribution in [1.29, 1.82) is 0 Å². The van der Waals surface area contributed by atoms with E-state index in [-0.39, 0.29) is 11.8 Å². The van der Waals surface area contributed by atoms with Crippen LogP contribution in [-0.2, 0) is 11.3 Å². The lowest BCUT2D eigenvalue weighted by Crippen LogP contribution is -2.40. The normalized spacial score (nSPS) is 19.6. The number of likely N-dealkylation sites (N-methyl/N-ethyl adjacent to an activating group) is 1. The van der Waals surface area contributed by atoms with Crippen LogP contribution in [0.2, 0.25) is 0 Å². The van der Waals surface area contributed by atoms with E-state index in [4.69, 9.17) is 9.47 Å². The summed E-state index contributed by atoms with van der Waals surface area (Å²) in [4.78, 5) is 18.7. The van der Waals surface area contributed by atoms with Crippen LogP contribution in [0.4, 0.5) is 0 Å².